The van der Waals surface area contributed by atoms with E-state index < -0.39 is 11.7 Å². The quantitative estimate of drug-likeness (QED) is 0.432. The monoisotopic (exact) mass is 474 g/mol. The van der Waals surface area contributed by atoms with E-state index >= 15 is 0 Å². The summed E-state index contributed by atoms with van der Waals surface area (Å²) in [4.78, 5) is 38.9. The highest BCUT2D eigenvalue weighted by Crippen LogP contribution is 2.18. The lowest BCUT2D eigenvalue weighted by atomic mass is 10.1. The largest absolute Gasteiger partial charge is 0.444 e. The smallest absolute Gasteiger partial charge is 0.412 e. The topological polar surface area (TPSA) is 99.8 Å². The molecular weight excluding hydrogens is 444 g/mol. The number of nitrogens with zero attached hydrogens (tertiary/aromatic N) is 1. The van der Waals surface area contributed by atoms with Gasteiger partial charge in [0.15, 0.2) is 0 Å². The van der Waals surface area contributed by atoms with Gasteiger partial charge in [-0.2, -0.15) is 0 Å². The second-order valence-electron chi connectivity index (χ2n) is 9.13. The summed E-state index contributed by atoms with van der Waals surface area (Å²) in [6.07, 6.45) is -0.565. The summed E-state index contributed by atoms with van der Waals surface area (Å²) < 4.78 is 5.21. The molecule has 0 aliphatic heterocycles. The Bertz CT molecular complexity index is 1180. The SMILES string of the molecule is CN(C)c1ccc(NC(=O)c2ccc(NC(=O)c3ccc(NC(=O)OC(C)(C)C)cc3)cc2)cc1. The maximum absolute atomic E-state index is 12.6. The van der Waals surface area contributed by atoms with E-state index in [1.807, 2.05) is 43.3 Å². The van der Waals surface area contributed by atoms with Gasteiger partial charge in [-0.25, -0.2) is 4.79 Å². The van der Waals surface area contributed by atoms with Crippen LogP contribution >= 0.6 is 0 Å². The Morgan fingerprint density at radius 2 is 1.00 bits per heavy atom. The van der Waals surface area contributed by atoms with Gasteiger partial charge in [0, 0.05) is 48.0 Å². The molecule has 182 valence electrons. The van der Waals surface area contributed by atoms with Crippen LogP contribution < -0.4 is 20.9 Å². The molecule has 0 fully saturated rings. The summed E-state index contributed by atoms with van der Waals surface area (Å²) in [5.74, 6) is -0.555. The van der Waals surface area contributed by atoms with Gasteiger partial charge in [0.25, 0.3) is 11.8 Å². The summed E-state index contributed by atoms with van der Waals surface area (Å²) >= 11 is 0. The molecule has 3 N–H and O–H groups in total. The second-order valence-corrected chi connectivity index (χ2v) is 9.13. The summed E-state index contributed by atoms with van der Waals surface area (Å²) in [5.41, 5.74) is 3.09. The van der Waals surface area contributed by atoms with Crippen molar-refractivity contribution in [1.29, 1.82) is 0 Å². The number of carbonyl (C=O) groups is 3. The maximum Gasteiger partial charge on any atom is 0.412 e. The maximum atomic E-state index is 12.6. The summed E-state index contributed by atoms with van der Waals surface area (Å²) in [6, 6.07) is 20.6. The molecule has 3 rings (SSSR count). The highest BCUT2D eigenvalue weighted by atomic mass is 16.6. The van der Waals surface area contributed by atoms with E-state index in [1.54, 1.807) is 69.3 Å². The lowest BCUT2D eigenvalue weighted by molar-refractivity contribution is 0.0635. The summed E-state index contributed by atoms with van der Waals surface area (Å²) in [5, 5.41) is 8.28. The Morgan fingerprint density at radius 1 is 0.629 bits per heavy atom. The fourth-order valence-corrected chi connectivity index (χ4v) is 3.08. The van der Waals surface area contributed by atoms with Crippen LogP contribution in [0.25, 0.3) is 0 Å². The Kier molecular flexibility index (Phi) is 7.76. The molecule has 3 amide bonds. The van der Waals surface area contributed by atoms with Crippen LogP contribution in [0.4, 0.5) is 27.5 Å². The van der Waals surface area contributed by atoms with Gasteiger partial charge in [0.05, 0.1) is 0 Å². The molecule has 0 unspecified atom stereocenters. The average Bonchev–Trinajstić information content (AvgIpc) is 2.79. The van der Waals surface area contributed by atoms with Gasteiger partial charge in [-0.1, -0.05) is 0 Å². The van der Waals surface area contributed by atoms with Gasteiger partial charge in [0.2, 0.25) is 0 Å². The van der Waals surface area contributed by atoms with Crippen molar-refractivity contribution in [3.63, 3.8) is 0 Å². The molecule has 8 heteroatoms. The molecule has 0 bridgehead atoms. The Labute approximate surface area is 205 Å². The zero-order valence-electron chi connectivity index (χ0n) is 20.5. The molecule has 8 nitrogen and oxygen atoms in total. The number of nitrogens with one attached hydrogen (secondary N) is 3. The summed E-state index contributed by atoms with van der Waals surface area (Å²) in [6.45, 7) is 5.34. The van der Waals surface area contributed by atoms with E-state index in [0.717, 1.165) is 5.69 Å². The van der Waals surface area contributed by atoms with Crippen molar-refractivity contribution in [1.82, 2.24) is 0 Å². The number of amides is 3. The fourth-order valence-electron chi connectivity index (χ4n) is 3.08. The first-order valence-corrected chi connectivity index (χ1v) is 11.1. The number of rotatable bonds is 6. The first kappa shape index (κ1) is 25.3. The van der Waals surface area contributed by atoms with Gasteiger partial charge >= 0.3 is 6.09 Å². The van der Waals surface area contributed by atoms with Crippen molar-refractivity contribution in [2.45, 2.75) is 26.4 Å². The molecular formula is C27H30N4O4. The number of benzene rings is 3. The molecule has 3 aromatic rings. The van der Waals surface area contributed by atoms with Crippen LogP contribution in [-0.2, 0) is 4.74 Å². The third-order valence-electron chi connectivity index (χ3n) is 4.84. The second kappa shape index (κ2) is 10.7. The van der Waals surface area contributed by atoms with Gasteiger partial charge in [0.1, 0.15) is 5.60 Å². The van der Waals surface area contributed by atoms with E-state index in [-0.39, 0.29) is 11.8 Å². The van der Waals surface area contributed by atoms with E-state index in [9.17, 15) is 14.4 Å². The minimum atomic E-state index is -0.600. The first-order chi connectivity index (χ1) is 16.5. The number of ether oxygens (including phenoxy) is 1. The third-order valence-corrected chi connectivity index (χ3v) is 4.84. The third kappa shape index (κ3) is 7.60. The van der Waals surface area contributed by atoms with Crippen LogP contribution in [0, 0.1) is 0 Å². The molecule has 0 atom stereocenters. The van der Waals surface area contributed by atoms with E-state index in [1.165, 1.54) is 0 Å². The molecule has 0 radical (unpaired) electrons. The zero-order valence-corrected chi connectivity index (χ0v) is 20.5. The molecule has 0 heterocycles. The highest BCUT2D eigenvalue weighted by molar-refractivity contribution is 6.06. The lowest BCUT2D eigenvalue weighted by Gasteiger charge is -2.19. The van der Waals surface area contributed by atoms with Crippen LogP contribution in [0.1, 0.15) is 41.5 Å². The predicted octanol–water partition coefficient (Wildman–Crippen LogP) is 5.60. The minimum absolute atomic E-state index is 0.242. The molecule has 0 aliphatic carbocycles. The van der Waals surface area contributed by atoms with Crippen molar-refractivity contribution >= 4 is 40.7 Å². The molecule has 0 saturated heterocycles. The predicted molar refractivity (Wildman–Crippen MR) is 139 cm³/mol. The Balaban J connectivity index is 1.55. The molecule has 0 spiro atoms. The number of hydrogen-bond donors (Lipinski definition) is 3. The number of carbonyl (C=O) groups excluding carboxylic acids is 3. The van der Waals surface area contributed by atoms with Crippen LogP contribution in [0.5, 0.6) is 0 Å². The summed E-state index contributed by atoms with van der Waals surface area (Å²) in [7, 11) is 3.90. The number of hydrogen-bond acceptors (Lipinski definition) is 5. The fraction of sp³-hybridized carbons (Fsp3) is 0.222. The zero-order chi connectivity index (χ0) is 25.6. The molecule has 0 aromatic heterocycles. The van der Waals surface area contributed by atoms with Crippen molar-refractivity contribution in [3.05, 3.63) is 83.9 Å². The van der Waals surface area contributed by atoms with Gasteiger partial charge in [-0.15, -0.1) is 0 Å². The van der Waals surface area contributed by atoms with Crippen LogP contribution in [0.15, 0.2) is 72.8 Å². The lowest BCUT2D eigenvalue weighted by Crippen LogP contribution is -2.27. The van der Waals surface area contributed by atoms with Gasteiger partial charge in [-0.3, -0.25) is 14.9 Å². The van der Waals surface area contributed by atoms with Crippen molar-refractivity contribution in [2.24, 2.45) is 0 Å². The molecule has 0 saturated carbocycles. The van der Waals surface area contributed by atoms with Crippen molar-refractivity contribution < 1.29 is 19.1 Å². The van der Waals surface area contributed by atoms with Crippen LogP contribution in [0.3, 0.4) is 0 Å². The highest BCUT2D eigenvalue weighted by Gasteiger charge is 2.16. The average molecular weight is 475 g/mol. The van der Waals surface area contributed by atoms with Crippen molar-refractivity contribution in [3.8, 4) is 0 Å². The van der Waals surface area contributed by atoms with Gasteiger partial charge < -0.3 is 20.3 Å². The molecule has 3 aromatic carbocycles. The number of anilines is 4. The normalized spacial score (nSPS) is 10.8. The van der Waals surface area contributed by atoms with Crippen molar-refractivity contribution in [2.75, 3.05) is 34.9 Å². The Morgan fingerprint density at radius 3 is 1.37 bits per heavy atom. The minimum Gasteiger partial charge on any atom is -0.444 e. The Hall–Kier alpha value is -4.33. The van der Waals surface area contributed by atoms with Crippen LogP contribution in [0.2, 0.25) is 0 Å². The van der Waals surface area contributed by atoms with E-state index in [4.69, 9.17) is 4.74 Å². The van der Waals surface area contributed by atoms with Gasteiger partial charge in [-0.05, 0) is 93.6 Å². The van der Waals surface area contributed by atoms with E-state index in [2.05, 4.69) is 16.0 Å². The standard InChI is InChI=1S/C27H30N4O4/c1-27(2,3)35-26(34)30-22-12-8-19(9-13-22)24(32)28-20-10-6-18(7-11-20)25(33)29-21-14-16-23(17-15-21)31(4)5/h6-17H,1-5H3,(H,28,32)(H,29,33)(H,30,34). The molecule has 35 heavy (non-hydrogen) atoms. The first-order valence-electron chi connectivity index (χ1n) is 11.1. The van der Waals surface area contributed by atoms with E-state index in [0.29, 0.717) is 28.2 Å². The van der Waals surface area contributed by atoms with Crippen LogP contribution in [-0.4, -0.2) is 37.6 Å². The molecule has 0 aliphatic rings.